The van der Waals surface area contributed by atoms with Crippen LogP contribution in [0.25, 0.3) is 0 Å². The van der Waals surface area contributed by atoms with Crippen molar-refractivity contribution in [2.45, 2.75) is 30.2 Å². The second-order valence-corrected chi connectivity index (χ2v) is 6.37. The van der Waals surface area contributed by atoms with Gasteiger partial charge >= 0.3 is 0 Å². The van der Waals surface area contributed by atoms with Crippen LogP contribution >= 0.6 is 22.6 Å². The third-order valence-corrected chi connectivity index (χ3v) is 4.37. The van der Waals surface area contributed by atoms with Crippen LogP contribution in [-0.2, 0) is 4.79 Å². The monoisotopic (exact) mass is 322 g/mol. The van der Waals surface area contributed by atoms with Gasteiger partial charge in [-0.2, -0.15) is 0 Å². The highest BCUT2D eigenvalue weighted by Crippen LogP contribution is 2.28. The minimum absolute atomic E-state index is 0.369. The van der Waals surface area contributed by atoms with Crippen LogP contribution in [0.2, 0.25) is 0 Å². The lowest BCUT2D eigenvalue weighted by Gasteiger charge is -2.39. The molecule has 86 valence electrons. The molecule has 1 amide bonds. The second kappa shape index (κ2) is 4.99. The Kier molecular flexibility index (Phi) is 3.88. The predicted molar refractivity (Wildman–Crippen MR) is 69.0 cm³/mol. The molecule has 0 bridgehead atoms. The van der Waals surface area contributed by atoms with Gasteiger partial charge in [0.25, 0.3) is 0 Å². The molecule has 1 saturated heterocycles. The molecule has 1 heterocycles. The molecule has 1 aliphatic heterocycles. The van der Waals surface area contributed by atoms with E-state index in [2.05, 4.69) is 39.3 Å². The first kappa shape index (κ1) is 11.6. The number of nitrogens with zero attached hydrogens (tertiary/aromatic N) is 2. The van der Waals surface area contributed by atoms with Crippen LogP contribution in [0.1, 0.15) is 26.2 Å². The molecule has 2 aliphatic rings. The third-order valence-electron chi connectivity index (χ3n) is 3.58. The lowest BCUT2D eigenvalue weighted by molar-refractivity contribution is -0.139. The van der Waals surface area contributed by atoms with Gasteiger partial charge in [0, 0.05) is 32.1 Å². The van der Waals surface area contributed by atoms with E-state index in [1.54, 1.807) is 0 Å². The summed E-state index contributed by atoms with van der Waals surface area (Å²) in [6.45, 7) is 6.17. The lowest BCUT2D eigenvalue weighted by Crippen LogP contribution is -2.52. The van der Waals surface area contributed by atoms with E-state index in [1.807, 2.05) is 0 Å². The van der Waals surface area contributed by atoms with E-state index in [9.17, 15) is 4.79 Å². The Labute approximate surface area is 105 Å². The minimum atomic E-state index is 0.369. The van der Waals surface area contributed by atoms with Crippen LogP contribution < -0.4 is 0 Å². The average molecular weight is 322 g/mol. The van der Waals surface area contributed by atoms with E-state index >= 15 is 0 Å². The van der Waals surface area contributed by atoms with Gasteiger partial charge in [0.2, 0.25) is 5.91 Å². The summed E-state index contributed by atoms with van der Waals surface area (Å²) < 4.78 is 0.587. The largest absolute Gasteiger partial charge is 0.340 e. The van der Waals surface area contributed by atoms with Crippen molar-refractivity contribution in [2.75, 3.05) is 26.2 Å². The summed E-state index contributed by atoms with van der Waals surface area (Å²) in [4.78, 5) is 16.5. The molecule has 0 radical (unpaired) electrons. The van der Waals surface area contributed by atoms with E-state index in [-0.39, 0.29) is 0 Å². The number of halogens is 1. The Bertz CT molecular complexity index is 233. The van der Waals surface area contributed by atoms with E-state index in [0.29, 0.717) is 15.9 Å². The first-order chi connectivity index (χ1) is 7.18. The third kappa shape index (κ3) is 2.64. The summed E-state index contributed by atoms with van der Waals surface area (Å²) in [6.07, 6.45) is 3.50. The smallest absolute Gasteiger partial charge is 0.225 e. The fourth-order valence-electron chi connectivity index (χ4n) is 2.21. The van der Waals surface area contributed by atoms with Crippen LogP contribution in [0, 0.1) is 5.92 Å². The van der Waals surface area contributed by atoms with E-state index in [4.69, 9.17) is 0 Å². The van der Waals surface area contributed by atoms with Gasteiger partial charge < -0.3 is 4.90 Å². The van der Waals surface area contributed by atoms with Crippen molar-refractivity contribution < 1.29 is 4.79 Å². The van der Waals surface area contributed by atoms with E-state index in [1.165, 1.54) is 6.42 Å². The van der Waals surface area contributed by atoms with Crippen molar-refractivity contribution in [3.05, 3.63) is 0 Å². The number of hydrogen-bond donors (Lipinski definition) is 0. The summed E-state index contributed by atoms with van der Waals surface area (Å²) in [5.74, 6) is 0.788. The molecule has 2 rings (SSSR count). The van der Waals surface area contributed by atoms with Crippen LogP contribution in [0.4, 0.5) is 0 Å². The van der Waals surface area contributed by atoms with Crippen molar-refractivity contribution in [1.29, 1.82) is 0 Å². The first-order valence-electron chi connectivity index (χ1n) is 5.85. The number of piperazine rings is 1. The molecule has 1 aliphatic carbocycles. The van der Waals surface area contributed by atoms with Gasteiger partial charge in [-0.05, 0) is 19.8 Å². The number of carbonyl (C=O) groups is 1. The highest BCUT2D eigenvalue weighted by molar-refractivity contribution is 14.1. The van der Waals surface area contributed by atoms with E-state index in [0.717, 1.165) is 39.0 Å². The predicted octanol–water partition coefficient (Wildman–Crippen LogP) is 1.71. The highest BCUT2D eigenvalue weighted by Gasteiger charge is 2.31. The van der Waals surface area contributed by atoms with Crippen LogP contribution in [0.3, 0.4) is 0 Å². The van der Waals surface area contributed by atoms with E-state index < -0.39 is 0 Å². The molecule has 15 heavy (non-hydrogen) atoms. The molecule has 1 unspecified atom stereocenters. The zero-order valence-electron chi connectivity index (χ0n) is 9.29. The Balaban J connectivity index is 1.79. The van der Waals surface area contributed by atoms with Crippen molar-refractivity contribution in [2.24, 2.45) is 5.92 Å². The highest BCUT2D eigenvalue weighted by atomic mass is 127. The average Bonchev–Trinajstić information content (AvgIpc) is 2.15. The van der Waals surface area contributed by atoms with Gasteiger partial charge in [-0.15, -0.1) is 0 Å². The molecule has 0 aromatic heterocycles. The van der Waals surface area contributed by atoms with Gasteiger partial charge in [-0.25, -0.2) is 0 Å². The molecule has 0 spiro atoms. The van der Waals surface area contributed by atoms with Gasteiger partial charge in [0.15, 0.2) is 0 Å². The van der Waals surface area contributed by atoms with Crippen molar-refractivity contribution in [3.8, 4) is 0 Å². The molecular formula is C11H19IN2O. The second-order valence-electron chi connectivity index (χ2n) is 4.56. The SMILES string of the molecule is CC(I)N1CCN(C(=O)C2CCC2)CC1. The lowest BCUT2D eigenvalue weighted by atomic mass is 9.84. The molecule has 0 aromatic carbocycles. The zero-order chi connectivity index (χ0) is 10.8. The van der Waals surface area contributed by atoms with Crippen LogP contribution in [0.5, 0.6) is 0 Å². The fraction of sp³-hybridized carbons (Fsp3) is 0.909. The molecule has 2 fully saturated rings. The van der Waals surface area contributed by atoms with Crippen molar-refractivity contribution in [3.63, 3.8) is 0 Å². The Morgan fingerprint density at radius 2 is 1.87 bits per heavy atom. The maximum atomic E-state index is 12.0. The molecule has 4 heteroatoms. The fourth-order valence-corrected chi connectivity index (χ4v) is 2.77. The zero-order valence-corrected chi connectivity index (χ0v) is 11.4. The number of hydrogen-bond acceptors (Lipinski definition) is 2. The van der Waals surface area contributed by atoms with Crippen LogP contribution in [-0.4, -0.2) is 45.9 Å². The molecule has 1 atom stereocenters. The summed E-state index contributed by atoms with van der Waals surface area (Å²) >= 11 is 2.44. The summed E-state index contributed by atoms with van der Waals surface area (Å²) in [6, 6.07) is 0. The topological polar surface area (TPSA) is 23.6 Å². The minimum Gasteiger partial charge on any atom is -0.340 e. The number of rotatable bonds is 2. The summed E-state index contributed by atoms with van der Waals surface area (Å²) in [5.41, 5.74) is 0. The van der Waals surface area contributed by atoms with Crippen molar-refractivity contribution in [1.82, 2.24) is 9.80 Å². The van der Waals surface area contributed by atoms with Gasteiger partial charge in [-0.1, -0.05) is 29.0 Å². The number of amides is 1. The van der Waals surface area contributed by atoms with Crippen molar-refractivity contribution >= 4 is 28.5 Å². The Hall–Kier alpha value is 0.160. The number of carbonyl (C=O) groups excluding carboxylic acids is 1. The van der Waals surface area contributed by atoms with Gasteiger partial charge in [0.05, 0.1) is 4.05 Å². The first-order valence-corrected chi connectivity index (χ1v) is 7.10. The molecule has 1 saturated carbocycles. The molecule has 3 nitrogen and oxygen atoms in total. The molecule has 0 aromatic rings. The Morgan fingerprint density at radius 3 is 2.27 bits per heavy atom. The Morgan fingerprint density at radius 1 is 1.27 bits per heavy atom. The van der Waals surface area contributed by atoms with Gasteiger partial charge in [0.1, 0.15) is 0 Å². The maximum absolute atomic E-state index is 12.0. The summed E-state index contributed by atoms with van der Waals surface area (Å²) in [7, 11) is 0. The maximum Gasteiger partial charge on any atom is 0.225 e. The molecule has 0 N–H and O–H groups in total. The normalized spacial score (nSPS) is 26.1. The van der Waals surface area contributed by atoms with Crippen LogP contribution in [0.15, 0.2) is 0 Å². The number of alkyl halides is 1. The van der Waals surface area contributed by atoms with Gasteiger partial charge in [-0.3, -0.25) is 9.69 Å². The quantitative estimate of drug-likeness (QED) is 0.439. The summed E-state index contributed by atoms with van der Waals surface area (Å²) in [5, 5.41) is 0. The molecular weight excluding hydrogens is 303 g/mol. The standard InChI is InChI=1S/C11H19IN2O/c1-9(12)13-5-7-14(8-6-13)11(15)10-3-2-4-10/h9-10H,2-8H2,1H3.